The highest BCUT2D eigenvalue weighted by Crippen LogP contribution is 2.74. The average Bonchev–Trinajstić information content (AvgIpc) is 3.19. The van der Waals surface area contributed by atoms with Crippen molar-refractivity contribution in [3.05, 3.63) is 0 Å². The third-order valence-electron chi connectivity index (χ3n) is 9.30. The summed E-state index contributed by atoms with van der Waals surface area (Å²) in [4.78, 5) is 0. The number of hydrogen-bond acceptors (Lipinski definition) is 3. The Hall–Kier alpha value is -3.90. The Labute approximate surface area is 408 Å². The van der Waals surface area contributed by atoms with Crippen molar-refractivity contribution in [3.63, 3.8) is 0 Å². The van der Waals surface area contributed by atoms with Crippen LogP contribution in [0, 0.1) is 0 Å². The molecule has 0 aromatic heterocycles. The molecule has 0 aliphatic carbocycles. The van der Waals surface area contributed by atoms with Gasteiger partial charge in [-0.2, -0.15) is 233 Å². The van der Waals surface area contributed by atoms with E-state index in [1.54, 1.807) is 0 Å². The molecule has 57 heteroatoms. The van der Waals surface area contributed by atoms with Gasteiger partial charge in [-0.15, -0.1) is 0 Å². The molecule has 0 rings (SSSR count). The highest BCUT2D eigenvalue weighted by Gasteiger charge is 3.06. The van der Waals surface area contributed by atoms with Crippen LogP contribution in [-0.4, -0.2) is 156 Å². The third-order valence-corrected chi connectivity index (χ3v) is 9.30. The van der Waals surface area contributed by atoms with Crippen molar-refractivity contribution in [2.45, 2.75) is 156 Å². The zero-order valence-corrected chi connectivity index (χ0v) is 34.6. The Morgan fingerprint density at radius 2 is 0.229 bits per heavy atom. The molecule has 0 saturated heterocycles. The number of rotatable bonds is 23. The molecule has 1 atom stereocenters. The Morgan fingerprint density at radius 1 is 0.120 bits per heavy atom. The smallest absolute Gasteiger partial charge is 0.252 e. The summed E-state index contributed by atoms with van der Waals surface area (Å²) in [6.45, 7) is 0. The van der Waals surface area contributed by atoms with E-state index in [1.807, 2.05) is 0 Å². The summed E-state index contributed by atoms with van der Waals surface area (Å²) in [6.07, 6.45) is -77.2. The highest BCUT2D eigenvalue weighted by atomic mass is 19.5. The van der Waals surface area contributed by atoms with Gasteiger partial charge in [-0.25, -0.2) is 4.39 Å². The molecule has 500 valence electrons. The van der Waals surface area contributed by atoms with E-state index in [-0.39, 0.29) is 14.2 Å². The van der Waals surface area contributed by atoms with Gasteiger partial charge in [-0.3, -0.25) is 14.2 Å². The molecule has 0 amide bonds. The predicted octanol–water partition coefficient (Wildman–Crippen LogP) is 17.2. The summed E-state index contributed by atoms with van der Waals surface area (Å²) in [7, 11) is 0. The fraction of sp³-hybridized carbons (Fsp3) is 1.00. The number of hydrogen-bond donors (Lipinski definition) is 0. The van der Waals surface area contributed by atoms with E-state index in [9.17, 15) is 198 Å². The molecule has 0 aliphatic rings. The molecule has 0 fully saturated rings. The second-order valence-corrected chi connectivity index (χ2v) is 14.8. The zero-order chi connectivity index (χ0) is 69.1. The lowest BCUT2D eigenvalue weighted by molar-refractivity contribution is -0.635. The third kappa shape index (κ3) is 10.1. The molecule has 1 unspecified atom stereocenters. The van der Waals surface area contributed by atoms with Crippen LogP contribution < -0.4 is 0 Å². The van der Waals surface area contributed by atoms with Crippen molar-refractivity contribution in [1.82, 2.24) is 0 Å². The number of alkyl halides is 54. The largest absolute Gasteiger partial charge is 0.483 e. The van der Waals surface area contributed by atoms with Crippen LogP contribution in [-0.2, 0) is 14.2 Å². The van der Waals surface area contributed by atoms with Crippen LogP contribution >= 0.6 is 0 Å². The summed E-state index contributed by atoms with van der Waals surface area (Å²) in [5.74, 6) is -190. The molecule has 0 saturated carbocycles. The molecule has 0 aromatic carbocycles. The van der Waals surface area contributed by atoms with Gasteiger partial charge in [0.25, 0.3) is 0 Å². The maximum atomic E-state index is 16.8. The Morgan fingerprint density at radius 3 is 0.337 bits per heavy atom. The van der Waals surface area contributed by atoms with Crippen LogP contribution in [0.25, 0.3) is 0 Å². The van der Waals surface area contributed by atoms with Gasteiger partial charge in [0.2, 0.25) is 0 Å². The van der Waals surface area contributed by atoms with Crippen LogP contribution in [0.2, 0.25) is 0 Å². The maximum Gasteiger partial charge on any atom is 0.483 e. The maximum absolute atomic E-state index is 16.8. The first-order valence-corrected chi connectivity index (χ1v) is 16.9. The fourth-order valence-corrected chi connectivity index (χ4v) is 4.69. The first kappa shape index (κ1) is 79.1. The second-order valence-electron chi connectivity index (χ2n) is 14.8. The van der Waals surface area contributed by atoms with Crippen molar-refractivity contribution in [2.75, 3.05) is 0 Å². The lowest BCUT2D eigenvalue weighted by Gasteiger charge is -2.54. The minimum Gasteiger partial charge on any atom is -0.252 e. The van der Waals surface area contributed by atoms with Crippen LogP contribution in [0.1, 0.15) is 0 Å². The molecule has 0 N–H and O–H groups in total. The van der Waals surface area contributed by atoms with Gasteiger partial charge in [-0.1, -0.05) is 0 Å². The predicted molar refractivity (Wildman–Crippen MR) is 134 cm³/mol. The van der Waals surface area contributed by atoms with Gasteiger partial charge >= 0.3 is 156 Å². The van der Waals surface area contributed by atoms with E-state index >= 15 is 39.5 Å². The highest BCUT2D eigenvalue weighted by molar-refractivity contribution is 5.28. The molecule has 83 heavy (non-hydrogen) atoms. The lowest BCUT2D eigenvalue weighted by atomic mass is 9.74. The average molecular weight is 1390 g/mol. The molecular weight excluding hydrogens is 1390 g/mol. The molecule has 0 spiro atoms. The molecule has 0 aromatic rings. The molecule has 0 radical (unpaired) electrons. The number of ether oxygens (including phenoxy) is 3. The van der Waals surface area contributed by atoms with Crippen LogP contribution in [0.15, 0.2) is 0 Å². The van der Waals surface area contributed by atoms with Gasteiger partial charge in [0.15, 0.2) is 0 Å². The molecular formula is C26F54O3. The molecule has 0 bridgehead atoms. The summed E-state index contributed by atoms with van der Waals surface area (Å²) in [5, 5.41) is 0. The second kappa shape index (κ2) is 19.3. The van der Waals surface area contributed by atoms with Gasteiger partial charge in [-0.05, 0) is 0 Å². The van der Waals surface area contributed by atoms with Crippen molar-refractivity contribution in [3.8, 4) is 0 Å². The number of halogens is 54. The van der Waals surface area contributed by atoms with Crippen molar-refractivity contribution in [1.29, 1.82) is 0 Å². The summed E-state index contributed by atoms with van der Waals surface area (Å²) < 4.78 is 755. The summed E-state index contributed by atoms with van der Waals surface area (Å²) in [5.41, 5.74) is -12.9. The molecule has 0 heterocycles. The van der Waals surface area contributed by atoms with E-state index in [0.29, 0.717) is 0 Å². The van der Waals surface area contributed by atoms with E-state index < -0.39 is 156 Å². The van der Waals surface area contributed by atoms with Crippen molar-refractivity contribution < 1.29 is 251 Å². The van der Waals surface area contributed by atoms with E-state index in [2.05, 4.69) is 0 Å². The van der Waals surface area contributed by atoms with E-state index in [4.69, 9.17) is 0 Å². The lowest BCUT2D eigenvalue weighted by Crippen LogP contribution is -2.87. The zero-order valence-electron chi connectivity index (χ0n) is 34.6. The van der Waals surface area contributed by atoms with Gasteiger partial charge in [0.05, 0.1) is 0 Å². The monoisotopic (exact) mass is 1390 g/mol. The van der Waals surface area contributed by atoms with Crippen LogP contribution in [0.3, 0.4) is 0 Å². The normalized spacial score (nSPS) is 18.0. The quantitative estimate of drug-likeness (QED) is 0.0754. The summed E-state index contributed by atoms with van der Waals surface area (Å²) >= 11 is 0. The van der Waals surface area contributed by atoms with Crippen LogP contribution in [0.5, 0.6) is 0 Å². The van der Waals surface area contributed by atoms with Gasteiger partial charge < -0.3 is 0 Å². The summed E-state index contributed by atoms with van der Waals surface area (Å²) in [6, 6.07) is 0. The standard InChI is InChI=1S/C26F54O3/c27-1(3(30,31)5(34,35)7(38,39)9(42,43)12(48,49)14(52,53)16(56,57)18(60,61)62,26(81-23(75,76)20(66,67)68,82-24(77,78)21(69,70)71)83-25(79,80)22(72,73)74)2(28,29)4(32,33)6(36,37)8(40,41)10(44,45)11(46,47)13(50,51)15(54,55)17(58,59)19(63,64)65. The Balaban J connectivity index is 10.7. The minimum atomic E-state index is -12.9. The first-order chi connectivity index (χ1) is 34.6. The first-order valence-electron chi connectivity index (χ1n) is 16.9. The van der Waals surface area contributed by atoms with Crippen LogP contribution in [0.4, 0.5) is 237 Å². The Bertz CT molecular complexity index is 2220. The molecule has 3 nitrogen and oxygen atoms in total. The Kier molecular flexibility index (Phi) is 18.4. The minimum absolute atomic E-state index is 0.208. The van der Waals surface area contributed by atoms with E-state index in [1.165, 1.54) is 0 Å². The van der Waals surface area contributed by atoms with Gasteiger partial charge in [0.1, 0.15) is 0 Å². The SMILES string of the molecule is FC(F)(F)C(F)(F)OC(OC(F)(F)C(F)(F)F)(OC(F)(F)C(F)(F)F)C(F)(C(F)(F)C(F)(F)C(F)(F)C(F)(F)C(F)(F)C(F)(F)C(F)(F)C(F)(F)F)C(F)(F)C(F)(F)C(F)(F)C(F)(F)C(F)(F)C(F)(F)C(F)(F)C(F)(F)C(F)(F)C(F)(F)F. The fourth-order valence-electron chi connectivity index (χ4n) is 4.69. The van der Waals surface area contributed by atoms with Crippen molar-refractivity contribution in [2.24, 2.45) is 0 Å². The topological polar surface area (TPSA) is 27.7 Å². The van der Waals surface area contributed by atoms with E-state index in [0.717, 1.165) is 0 Å². The molecule has 0 aliphatic heterocycles. The van der Waals surface area contributed by atoms with Gasteiger partial charge in [0, 0.05) is 0 Å². The van der Waals surface area contributed by atoms with Crippen molar-refractivity contribution >= 4 is 0 Å².